The third kappa shape index (κ3) is 2.27. The first-order valence-electron chi connectivity index (χ1n) is 8.56. The molecule has 2 bridgehead atoms. The topological polar surface area (TPSA) is 90.0 Å². The molecule has 0 saturated carbocycles. The molecule has 2 amide bonds. The molecule has 3 aliphatic heterocycles. The summed E-state index contributed by atoms with van der Waals surface area (Å²) in [6.45, 7) is 2.10. The second-order valence-electron chi connectivity index (χ2n) is 6.54. The maximum Gasteiger partial charge on any atom is 0.337 e. The lowest BCUT2D eigenvalue weighted by atomic mass is 9.70. The van der Waals surface area contributed by atoms with Gasteiger partial charge in [-0.15, -0.1) is 0 Å². The van der Waals surface area contributed by atoms with Crippen LogP contribution in [0.25, 0.3) is 0 Å². The van der Waals surface area contributed by atoms with Crippen LogP contribution in [-0.2, 0) is 28.7 Å². The molecule has 2 fully saturated rings. The highest BCUT2D eigenvalue weighted by molar-refractivity contribution is 6.24. The van der Waals surface area contributed by atoms with Crippen molar-refractivity contribution in [1.29, 1.82) is 0 Å². The fraction of sp³-hybridized carbons (Fsp3) is 0.368. The molecule has 134 valence electrons. The van der Waals surface area contributed by atoms with Crippen molar-refractivity contribution >= 4 is 29.4 Å². The summed E-state index contributed by atoms with van der Waals surface area (Å²) in [5.41, 5.74) is 0.597. The summed E-state index contributed by atoms with van der Waals surface area (Å²) >= 11 is 0. The van der Waals surface area contributed by atoms with Crippen molar-refractivity contribution in [1.82, 2.24) is 0 Å². The summed E-state index contributed by atoms with van der Waals surface area (Å²) in [6, 6.07) is 8.53. The SMILES string of the molecule is CCCOC(=O)C1=C[C@@H]2C(=O)O[C@@H]1C1C(=O)N(c3ccccc3)C(=O)C12. The van der Waals surface area contributed by atoms with Crippen LogP contribution >= 0.6 is 0 Å². The van der Waals surface area contributed by atoms with Gasteiger partial charge in [0.15, 0.2) is 0 Å². The van der Waals surface area contributed by atoms with Crippen LogP contribution in [0.2, 0.25) is 0 Å². The second kappa shape index (κ2) is 6.09. The number of fused-ring (bicyclic) bond motifs is 1. The third-order valence-electron chi connectivity index (χ3n) is 4.98. The molecule has 7 nitrogen and oxygen atoms in total. The molecule has 0 aromatic heterocycles. The lowest BCUT2D eigenvalue weighted by molar-refractivity contribution is -0.172. The number of anilines is 1. The number of para-hydroxylation sites is 1. The van der Waals surface area contributed by atoms with Gasteiger partial charge in [0.05, 0.1) is 35.6 Å². The van der Waals surface area contributed by atoms with Crippen LogP contribution in [0, 0.1) is 17.8 Å². The normalized spacial score (nSPS) is 29.3. The van der Waals surface area contributed by atoms with E-state index in [0.29, 0.717) is 12.1 Å². The average molecular weight is 355 g/mol. The Morgan fingerprint density at radius 3 is 2.50 bits per heavy atom. The predicted molar refractivity (Wildman–Crippen MR) is 88.6 cm³/mol. The summed E-state index contributed by atoms with van der Waals surface area (Å²) in [6.07, 6.45) is 1.01. The predicted octanol–water partition coefficient (Wildman–Crippen LogP) is 1.23. The van der Waals surface area contributed by atoms with Crippen LogP contribution in [0.3, 0.4) is 0 Å². The summed E-state index contributed by atoms with van der Waals surface area (Å²) in [7, 11) is 0. The zero-order chi connectivity index (χ0) is 18.4. The fourth-order valence-electron chi connectivity index (χ4n) is 3.84. The molecule has 1 aromatic carbocycles. The first-order chi connectivity index (χ1) is 12.5. The number of carbonyl (C=O) groups excluding carboxylic acids is 4. The van der Waals surface area contributed by atoms with E-state index in [0.717, 1.165) is 4.90 Å². The highest BCUT2D eigenvalue weighted by Gasteiger charge is 2.64. The average Bonchev–Trinajstić information content (AvgIpc) is 2.92. The van der Waals surface area contributed by atoms with Crippen molar-refractivity contribution in [3.8, 4) is 0 Å². The van der Waals surface area contributed by atoms with Gasteiger partial charge in [-0.2, -0.15) is 0 Å². The molecule has 0 radical (unpaired) electrons. The number of hydrogen-bond donors (Lipinski definition) is 0. The van der Waals surface area contributed by atoms with Crippen molar-refractivity contribution in [2.75, 3.05) is 11.5 Å². The number of amides is 2. The number of esters is 2. The lowest BCUT2D eigenvalue weighted by Crippen LogP contribution is -2.52. The number of benzene rings is 1. The number of hydrogen-bond acceptors (Lipinski definition) is 6. The van der Waals surface area contributed by atoms with Gasteiger partial charge in [0.1, 0.15) is 6.10 Å². The first-order valence-corrected chi connectivity index (χ1v) is 8.56. The summed E-state index contributed by atoms with van der Waals surface area (Å²) in [5, 5.41) is 0. The summed E-state index contributed by atoms with van der Waals surface area (Å²) < 4.78 is 10.4. The molecule has 3 heterocycles. The Morgan fingerprint density at radius 1 is 1.12 bits per heavy atom. The Labute approximate surface area is 149 Å². The van der Waals surface area contributed by atoms with Crippen molar-refractivity contribution in [2.24, 2.45) is 17.8 Å². The smallest absolute Gasteiger partial charge is 0.337 e. The van der Waals surface area contributed by atoms with E-state index in [1.54, 1.807) is 30.3 Å². The van der Waals surface area contributed by atoms with E-state index < -0.39 is 47.6 Å². The van der Waals surface area contributed by atoms with Crippen molar-refractivity contribution < 1.29 is 28.7 Å². The quantitative estimate of drug-likeness (QED) is 0.596. The van der Waals surface area contributed by atoms with Gasteiger partial charge in [0.2, 0.25) is 11.8 Å². The van der Waals surface area contributed by atoms with E-state index in [1.807, 2.05) is 6.92 Å². The Balaban J connectivity index is 1.71. The molecule has 2 saturated heterocycles. The maximum absolute atomic E-state index is 13.0. The number of ether oxygens (including phenoxy) is 2. The van der Waals surface area contributed by atoms with E-state index in [2.05, 4.69) is 0 Å². The van der Waals surface area contributed by atoms with Gasteiger partial charge >= 0.3 is 11.9 Å². The molecule has 1 aliphatic carbocycles. The zero-order valence-corrected chi connectivity index (χ0v) is 14.1. The van der Waals surface area contributed by atoms with Crippen molar-refractivity contribution in [3.05, 3.63) is 42.0 Å². The van der Waals surface area contributed by atoms with Crippen LogP contribution in [0.15, 0.2) is 42.0 Å². The van der Waals surface area contributed by atoms with E-state index >= 15 is 0 Å². The van der Waals surface area contributed by atoms with Crippen LogP contribution in [0.1, 0.15) is 13.3 Å². The molecule has 2 unspecified atom stereocenters. The molecule has 4 atom stereocenters. The monoisotopic (exact) mass is 355 g/mol. The highest BCUT2D eigenvalue weighted by atomic mass is 16.6. The second-order valence-corrected chi connectivity index (χ2v) is 6.54. The minimum Gasteiger partial charge on any atom is -0.462 e. The Kier molecular flexibility index (Phi) is 3.86. The van der Waals surface area contributed by atoms with E-state index in [4.69, 9.17) is 9.47 Å². The number of nitrogens with zero attached hydrogens (tertiary/aromatic N) is 1. The van der Waals surface area contributed by atoms with Gasteiger partial charge in [-0.25, -0.2) is 9.69 Å². The molecule has 1 aromatic rings. The standard InChI is InChI=1S/C19H17NO6/c1-2-8-25-18(23)12-9-11-13-14(15(12)26-19(11)24)17(22)20(16(13)21)10-6-4-3-5-7-10/h3-7,9,11,13-15H,2,8H2,1H3/t11-,13?,14?,15-/m0/s1. The lowest BCUT2D eigenvalue weighted by Gasteiger charge is -2.39. The van der Waals surface area contributed by atoms with Crippen molar-refractivity contribution in [2.45, 2.75) is 19.4 Å². The minimum absolute atomic E-state index is 0.153. The van der Waals surface area contributed by atoms with E-state index in [1.165, 1.54) is 6.08 Å². The Hall–Kier alpha value is -2.96. The summed E-state index contributed by atoms with van der Waals surface area (Å²) in [5.74, 6) is -4.75. The maximum atomic E-state index is 13.0. The molecular weight excluding hydrogens is 338 g/mol. The molecule has 7 heteroatoms. The van der Waals surface area contributed by atoms with Gasteiger partial charge in [0, 0.05) is 0 Å². The summed E-state index contributed by atoms with van der Waals surface area (Å²) in [4.78, 5) is 51.4. The van der Waals surface area contributed by atoms with Crippen LogP contribution < -0.4 is 4.90 Å². The molecule has 0 N–H and O–H groups in total. The molecule has 4 aliphatic rings. The van der Waals surface area contributed by atoms with Crippen LogP contribution in [0.5, 0.6) is 0 Å². The highest BCUT2D eigenvalue weighted by Crippen LogP contribution is 2.48. The Morgan fingerprint density at radius 2 is 1.81 bits per heavy atom. The van der Waals surface area contributed by atoms with E-state index in [9.17, 15) is 19.2 Å². The molecule has 5 rings (SSSR count). The van der Waals surface area contributed by atoms with Gasteiger partial charge in [-0.3, -0.25) is 14.4 Å². The third-order valence-corrected chi connectivity index (χ3v) is 4.98. The van der Waals surface area contributed by atoms with Crippen molar-refractivity contribution in [3.63, 3.8) is 0 Å². The number of rotatable bonds is 4. The number of imide groups is 1. The first kappa shape index (κ1) is 16.5. The molecule has 0 spiro atoms. The van der Waals surface area contributed by atoms with Crippen LogP contribution in [0.4, 0.5) is 5.69 Å². The van der Waals surface area contributed by atoms with Gasteiger partial charge < -0.3 is 9.47 Å². The Bertz CT molecular complexity index is 830. The zero-order valence-electron chi connectivity index (χ0n) is 14.1. The molecular formula is C19H17NO6. The van der Waals surface area contributed by atoms with Gasteiger partial charge in [-0.1, -0.05) is 31.2 Å². The minimum atomic E-state index is -1.08. The van der Waals surface area contributed by atoms with Gasteiger partial charge in [-0.05, 0) is 18.6 Å². The number of carbonyl (C=O) groups is 4. The largest absolute Gasteiger partial charge is 0.462 e. The molecule has 26 heavy (non-hydrogen) atoms. The van der Waals surface area contributed by atoms with Crippen LogP contribution in [-0.4, -0.2) is 36.5 Å². The fourth-order valence-corrected chi connectivity index (χ4v) is 3.84. The van der Waals surface area contributed by atoms with E-state index in [-0.39, 0.29) is 12.2 Å². The van der Waals surface area contributed by atoms with Gasteiger partial charge in [0.25, 0.3) is 0 Å².